The quantitative estimate of drug-likeness (QED) is 0.893. The summed E-state index contributed by atoms with van der Waals surface area (Å²) < 4.78 is 16.0. The number of hydrogen-bond acceptors (Lipinski definition) is 4. The highest BCUT2D eigenvalue weighted by molar-refractivity contribution is 5.81. The molecule has 0 aliphatic carbocycles. The van der Waals surface area contributed by atoms with Crippen molar-refractivity contribution in [3.05, 3.63) is 23.3 Å². The van der Waals surface area contributed by atoms with Crippen molar-refractivity contribution in [3.63, 3.8) is 0 Å². The SMILES string of the molecule is COc1ccc(CNC(=O)C2CCCO2)c(OC)c1C. The summed E-state index contributed by atoms with van der Waals surface area (Å²) in [6.07, 6.45) is 1.44. The van der Waals surface area contributed by atoms with Gasteiger partial charge in [-0.1, -0.05) is 0 Å². The van der Waals surface area contributed by atoms with Crippen molar-refractivity contribution >= 4 is 5.91 Å². The fourth-order valence-electron chi connectivity index (χ4n) is 2.45. The number of rotatable bonds is 5. The lowest BCUT2D eigenvalue weighted by atomic mass is 10.1. The molecule has 0 radical (unpaired) electrons. The van der Waals surface area contributed by atoms with E-state index in [4.69, 9.17) is 14.2 Å². The van der Waals surface area contributed by atoms with E-state index < -0.39 is 0 Å². The zero-order valence-electron chi connectivity index (χ0n) is 12.2. The van der Waals surface area contributed by atoms with E-state index in [9.17, 15) is 4.79 Å². The number of amides is 1. The van der Waals surface area contributed by atoms with Gasteiger partial charge in [-0.25, -0.2) is 0 Å². The maximum atomic E-state index is 11.9. The normalized spacial score (nSPS) is 17.9. The van der Waals surface area contributed by atoms with Crippen molar-refractivity contribution in [1.29, 1.82) is 0 Å². The number of benzene rings is 1. The van der Waals surface area contributed by atoms with Crippen LogP contribution in [0.1, 0.15) is 24.0 Å². The van der Waals surface area contributed by atoms with E-state index in [2.05, 4.69) is 5.32 Å². The maximum absolute atomic E-state index is 11.9. The third-order valence-corrected chi connectivity index (χ3v) is 3.54. The van der Waals surface area contributed by atoms with E-state index in [1.54, 1.807) is 14.2 Å². The standard InChI is InChI=1S/C15H21NO4/c1-10-12(18-2)7-6-11(14(10)19-3)9-16-15(17)13-5-4-8-20-13/h6-7,13H,4-5,8-9H2,1-3H3,(H,16,17). The van der Waals surface area contributed by atoms with Crippen LogP contribution in [0.4, 0.5) is 0 Å². The third kappa shape index (κ3) is 3.04. The topological polar surface area (TPSA) is 56.8 Å². The Kier molecular flexibility index (Phi) is 4.84. The molecule has 0 aromatic heterocycles. The molecule has 1 amide bonds. The molecule has 1 atom stereocenters. The van der Waals surface area contributed by atoms with Gasteiger partial charge >= 0.3 is 0 Å². The zero-order chi connectivity index (χ0) is 14.5. The average molecular weight is 279 g/mol. The highest BCUT2D eigenvalue weighted by Gasteiger charge is 2.23. The molecule has 2 rings (SSSR count). The van der Waals surface area contributed by atoms with Crippen molar-refractivity contribution in [2.45, 2.75) is 32.4 Å². The van der Waals surface area contributed by atoms with Crippen LogP contribution in [-0.2, 0) is 16.1 Å². The predicted molar refractivity (Wildman–Crippen MR) is 75.1 cm³/mol. The summed E-state index contributed by atoms with van der Waals surface area (Å²) in [5.41, 5.74) is 1.86. The van der Waals surface area contributed by atoms with E-state index in [1.807, 2.05) is 19.1 Å². The predicted octanol–water partition coefficient (Wildman–Crippen LogP) is 1.81. The molecule has 1 fully saturated rings. The molecule has 5 nitrogen and oxygen atoms in total. The molecule has 1 aromatic carbocycles. The van der Waals surface area contributed by atoms with E-state index in [1.165, 1.54) is 0 Å². The number of carbonyl (C=O) groups excluding carboxylic acids is 1. The lowest BCUT2D eigenvalue weighted by Crippen LogP contribution is -2.33. The first kappa shape index (κ1) is 14.7. The summed E-state index contributed by atoms with van der Waals surface area (Å²) in [4.78, 5) is 11.9. The fourth-order valence-corrected chi connectivity index (χ4v) is 2.45. The summed E-state index contributed by atoms with van der Waals surface area (Å²) in [6.45, 7) is 3.03. The Balaban J connectivity index is 2.05. The van der Waals surface area contributed by atoms with Crippen LogP contribution in [0.15, 0.2) is 12.1 Å². The van der Waals surface area contributed by atoms with Gasteiger partial charge in [-0.05, 0) is 31.9 Å². The summed E-state index contributed by atoms with van der Waals surface area (Å²) in [5.74, 6) is 1.46. The molecule has 1 aliphatic rings. The van der Waals surface area contributed by atoms with Crippen LogP contribution in [-0.4, -0.2) is 32.8 Å². The highest BCUT2D eigenvalue weighted by Crippen LogP contribution is 2.31. The minimum Gasteiger partial charge on any atom is -0.496 e. The molecule has 1 aliphatic heterocycles. The Bertz CT molecular complexity index is 481. The second-order valence-electron chi connectivity index (χ2n) is 4.80. The van der Waals surface area contributed by atoms with Crippen molar-refractivity contribution < 1.29 is 19.0 Å². The molecule has 5 heteroatoms. The number of hydrogen-bond donors (Lipinski definition) is 1. The van der Waals surface area contributed by atoms with Crippen LogP contribution < -0.4 is 14.8 Å². The number of nitrogens with one attached hydrogen (secondary N) is 1. The summed E-state index contributed by atoms with van der Waals surface area (Å²) >= 11 is 0. The van der Waals surface area contributed by atoms with Crippen LogP contribution in [0.3, 0.4) is 0 Å². The van der Waals surface area contributed by atoms with Crippen LogP contribution in [0.2, 0.25) is 0 Å². The smallest absolute Gasteiger partial charge is 0.249 e. The molecule has 20 heavy (non-hydrogen) atoms. The first-order valence-electron chi connectivity index (χ1n) is 6.77. The van der Waals surface area contributed by atoms with E-state index in [-0.39, 0.29) is 12.0 Å². The fraction of sp³-hybridized carbons (Fsp3) is 0.533. The summed E-state index contributed by atoms with van der Waals surface area (Å²) in [6, 6.07) is 3.78. The molecule has 0 bridgehead atoms. The molecule has 1 N–H and O–H groups in total. The van der Waals surface area contributed by atoms with E-state index in [0.717, 1.165) is 35.5 Å². The maximum Gasteiger partial charge on any atom is 0.249 e. The van der Waals surface area contributed by atoms with Crippen molar-refractivity contribution in [2.75, 3.05) is 20.8 Å². The third-order valence-electron chi connectivity index (χ3n) is 3.54. The lowest BCUT2D eigenvalue weighted by molar-refractivity contribution is -0.130. The average Bonchev–Trinajstić information content (AvgIpc) is 2.99. The number of methoxy groups -OCH3 is 2. The molecule has 1 saturated heterocycles. The molecule has 1 unspecified atom stereocenters. The molecule has 110 valence electrons. The van der Waals surface area contributed by atoms with Gasteiger partial charge in [0.05, 0.1) is 14.2 Å². The Morgan fingerprint density at radius 2 is 2.20 bits per heavy atom. The van der Waals surface area contributed by atoms with E-state index >= 15 is 0 Å². The molecule has 1 heterocycles. The lowest BCUT2D eigenvalue weighted by Gasteiger charge is -2.16. The van der Waals surface area contributed by atoms with Gasteiger partial charge < -0.3 is 19.5 Å². The first-order chi connectivity index (χ1) is 9.67. The monoisotopic (exact) mass is 279 g/mol. The molecule has 0 saturated carbocycles. The van der Waals surface area contributed by atoms with Crippen LogP contribution >= 0.6 is 0 Å². The van der Waals surface area contributed by atoms with Crippen molar-refractivity contribution in [2.24, 2.45) is 0 Å². The Labute approximate surface area is 119 Å². The molecule has 0 spiro atoms. The van der Waals surface area contributed by atoms with Crippen LogP contribution in [0, 0.1) is 6.92 Å². The van der Waals surface area contributed by atoms with Crippen LogP contribution in [0.5, 0.6) is 11.5 Å². The second kappa shape index (κ2) is 6.61. The minimum atomic E-state index is -0.305. The van der Waals surface area contributed by atoms with Gasteiger partial charge in [-0.15, -0.1) is 0 Å². The van der Waals surface area contributed by atoms with Gasteiger partial charge in [0, 0.05) is 24.3 Å². The van der Waals surface area contributed by atoms with Gasteiger partial charge in [-0.2, -0.15) is 0 Å². The van der Waals surface area contributed by atoms with Gasteiger partial charge in [0.2, 0.25) is 5.91 Å². The van der Waals surface area contributed by atoms with E-state index in [0.29, 0.717) is 13.2 Å². The molecular weight excluding hydrogens is 258 g/mol. The van der Waals surface area contributed by atoms with Gasteiger partial charge in [-0.3, -0.25) is 4.79 Å². The summed E-state index contributed by atoms with van der Waals surface area (Å²) in [7, 11) is 3.24. The van der Waals surface area contributed by atoms with Crippen molar-refractivity contribution in [3.8, 4) is 11.5 Å². The zero-order valence-corrected chi connectivity index (χ0v) is 12.2. The Hall–Kier alpha value is -1.75. The second-order valence-corrected chi connectivity index (χ2v) is 4.80. The van der Waals surface area contributed by atoms with Crippen LogP contribution in [0.25, 0.3) is 0 Å². The molecule has 1 aromatic rings. The minimum absolute atomic E-state index is 0.0574. The highest BCUT2D eigenvalue weighted by atomic mass is 16.5. The van der Waals surface area contributed by atoms with Crippen molar-refractivity contribution in [1.82, 2.24) is 5.32 Å². The largest absolute Gasteiger partial charge is 0.496 e. The number of ether oxygens (including phenoxy) is 3. The first-order valence-corrected chi connectivity index (χ1v) is 6.77. The van der Waals surface area contributed by atoms with Gasteiger partial charge in [0.25, 0.3) is 0 Å². The van der Waals surface area contributed by atoms with Gasteiger partial charge in [0.1, 0.15) is 17.6 Å². The molecular formula is C15H21NO4. The number of carbonyl (C=O) groups is 1. The van der Waals surface area contributed by atoms with Gasteiger partial charge in [0.15, 0.2) is 0 Å². The Morgan fingerprint density at radius 1 is 1.40 bits per heavy atom. The summed E-state index contributed by atoms with van der Waals surface area (Å²) in [5, 5.41) is 2.90. The Morgan fingerprint density at radius 3 is 2.80 bits per heavy atom.